The van der Waals surface area contributed by atoms with E-state index in [1.807, 2.05) is 48.5 Å². The Kier molecular flexibility index (Phi) is 8.32. The molecule has 3 amide bonds. The maximum Gasteiger partial charge on any atom is 0.228 e. The summed E-state index contributed by atoms with van der Waals surface area (Å²) in [7, 11) is 0. The Hall–Kier alpha value is -3.73. The lowest BCUT2D eigenvalue weighted by atomic mass is 10.2. The summed E-state index contributed by atoms with van der Waals surface area (Å²) in [5, 5.41) is 8.90. The van der Waals surface area contributed by atoms with Gasteiger partial charge in [0.15, 0.2) is 0 Å². The molecule has 1 aliphatic heterocycles. The fourth-order valence-corrected chi connectivity index (χ4v) is 3.65. The average Bonchev–Trinajstić information content (AvgIpc) is 2.84. The van der Waals surface area contributed by atoms with E-state index in [2.05, 4.69) is 11.1 Å². The Labute approximate surface area is 188 Å². The topological polar surface area (TPSA) is 97.6 Å². The van der Waals surface area contributed by atoms with Gasteiger partial charge in [-0.2, -0.15) is 5.26 Å². The zero-order chi connectivity index (χ0) is 22.8. The smallest absolute Gasteiger partial charge is 0.228 e. The molecule has 8 heteroatoms. The van der Waals surface area contributed by atoms with Crippen molar-refractivity contribution in [3.05, 3.63) is 60.4 Å². The van der Waals surface area contributed by atoms with Crippen LogP contribution < -0.4 is 4.90 Å². The number of para-hydroxylation sites is 1. The molecule has 32 heavy (non-hydrogen) atoms. The van der Waals surface area contributed by atoms with Crippen LogP contribution in [0.2, 0.25) is 0 Å². The minimum absolute atomic E-state index is 0.00183. The summed E-state index contributed by atoms with van der Waals surface area (Å²) in [5.74, 6) is -0.269. The van der Waals surface area contributed by atoms with Crippen molar-refractivity contribution in [3.63, 3.8) is 0 Å². The van der Waals surface area contributed by atoms with Gasteiger partial charge in [0, 0.05) is 63.1 Å². The summed E-state index contributed by atoms with van der Waals surface area (Å²) in [6.07, 6.45) is 2.33. The van der Waals surface area contributed by atoms with Crippen LogP contribution in [0.4, 0.5) is 5.69 Å². The number of nitrogens with zero attached hydrogens (tertiary/aromatic N) is 5. The summed E-state index contributed by atoms with van der Waals surface area (Å²) in [4.78, 5) is 47.0. The van der Waals surface area contributed by atoms with E-state index in [-0.39, 0.29) is 43.4 Å². The van der Waals surface area contributed by atoms with E-state index in [0.29, 0.717) is 32.7 Å². The van der Waals surface area contributed by atoms with Crippen LogP contribution >= 0.6 is 0 Å². The Morgan fingerprint density at radius 2 is 1.56 bits per heavy atom. The Bertz CT molecular complexity index is 951. The molecule has 1 fully saturated rings. The number of anilines is 1. The van der Waals surface area contributed by atoms with Crippen molar-refractivity contribution in [2.45, 2.75) is 25.7 Å². The van der Waals surface area contributed by atoms with Gasteiger partial charge in [0.2, 0.25) is 17.7 Å². The highest BCUT2D eigenvalue weighted by Gasteiger charge is 2.25. The van der Waals surface area contributed by atoms with Crippen molar-refractivity contribution >= 4 is 23.4 Å². The molecule has 0 aliphatic carbocycles. The highest BCUT2D eigenvalue weighted by atomic mass is 16.2. The van der Waals surface area contributed by atoms with E-state index < -0.39 is 0 Å². The molecule has 1 saturated heterocycles. The maximum atomic E-state index is 12.7. The Morgan fingerprint density at radius 1 is 0.906 bits per heavy atom. The maximum absolute atomic E-state index is 12.7. The molecule has 0 spiro atoms. The molecule has 0 atom stereocenters. The third kappa shape index (κ3) is 6.38. The number of benzene rings is 1. The van der Waals surface area contributed by atoms with Crippen LogP contribution in [0.1, 0.15) is 25.0 Å². The van der Waals surface area contributed by atoms with Crippen molar-refractivity contribution in [2.75, 3.05) is 37.6 Å². The molecule has 1 aliphatic rings. The van der Waals surface area contributed by atoms with Gasteiger partial charge >= 0.3 is 0 Å². The first-order valence-corrected chi connectivity index (χ1v) is 10.8. The SMILES string of the molecule is N#CCCN(C(=O)CCC(=O)N1CCN(C(=O)Cc2ccccn2)CC1)c1ccccc1. The van der Waals surface area contributed by atoms with Crippen molar-refractivity contribution in [1.82, 2.24) is 14.8 Å². The molecule has 0 radical (unpaired) electrons. The van der Waals surface area contributed by atoms with Gasteiger partial charge in [0.05, 0.1) is 18.9 Å². The minimum atomic E-state index is -0.177. The fraction of sp³-hybridized carbons (Fsp3) is 0.375. The van der Waals surface area contributed by atoms with E-state index in [9.17, 15) is 14.4 Å². The van der Waals surface area contributed by atoms with Crippen molar-refractivity contribution in [3.8, 4) is 6.07 Å². The summed E-state index contributed by atoms with van der Waals surface area (Å²) in [5.41, 5.74) is 1.45. The average molecular weight is 434 g/mol. The number of carbonyl (C=O) groups excluding carboxylic acids is 3. The third-order valence-corrected chi connectivity index (χ3v) is 5.41. The van der Waals surface area contributed by atoms with E-state index >= 15 is 0 Å². The van der Waals surface area contributed by atoms with Gasteiger partial charge in [-0.05, 0) is 24.3 Å². The number of hydrogen-bond acceptors (Lipinski definition) is 5. The number of hydrogen-bond donors (Lipinski definition) is 0. The molecule has 166 valence electrons. The summed E-state index contributed by atoms with van der Waals surface area (Å²) >= 11 is 0. The monoisotopic (exact) mass is 433 g/mol. The van der Waals surface area contributed by atoms with Crippen LogP contribution in [0.5, 0.6) is 0 Å². The van der Waals surface area contributed by atoms with Crippen LogP contribution in [-0.2, 0) is 20.8 Å². The first-order valence-electron chi connectivity index (χ1n) is 10.8. The lowest BCUT2D eigenvalue weighted by molar-refractivity contribution is -0.139. The highest BCUT2D eigenvalue weighted by molar-refractivity contribution is 5.95. The lowest BCUT2D eigenvalue weighted by Gasteiger charge is -2.35. The molecule has 0 N–H and O–H groups in total. The third-order valence-electron chi connectivity index (χ3n) is 5.41. The second-order valence-corrected chi connectivity index (χ2v) is 7.55. The molecule has 0 saturated carbocycles. The van der Waals surface area contributed by atoms with Gasteiger partial charge in [-0.1, -0.05) is 24.3 Å². The zero-order valence-electron chi connectivity index (χ0n) is 18.0. The predicted molar refractivity (Wildman–Crippen MR) is 119 cm³/mol. The van der Waals surface area contributed by atoms with E-state index in [1.54, 1.807) is 20.9 Å². The number of piperazine rings is 1. The Morgan fingerprint density at radius 3 is 2.19 bits per heavy atom. The number of rotatable bonds is 8. The van der Waals surface area contributed by atoms with Gasteiger partial charge in [-0.15, -0.1) is 0 Å². The minimum Gasteiger partial charge on any atom is -0.339 e. The number of carbonyl (C=O) groups is 3. The van der Waals surface area contributed by atoms with Gasteiger partial charge in [0.25, 0.3) is 0 Å². The summed E-state index contributed by atoms with van der Waals surface area (Å²) in [6, 6.07) is 16.7. The standard InChI is InChI=1S/C24H27N5O3/c25-12-6-14-29(21-8-2-1-3-9-21)23(31)11-10-22(30)27-15-17-28(18-16-27)24(32)19-20-7-4-5-13-26-20/h1-5,7-9,13H,6,10-11,14-19H2. The normalized spacial score (nSPS) is 13.3. The van der Waals surface area contributed by atoms with Crippen LogP contribution in [0.25, 0.3) is 0 Å². The molecule has 1 aromatic heterocycles. The first kappa shape index (κ1) is 22.9. The van der Waals surface area contributed by atoms with Crippen molar-refractivity contribution in [1.29, 1.82) is 5.26 Å². The summed E-state index contributed by atoms with van der Waals surface area (Å²) < 4.78 is 0. The molecule has 3 rings (SSSR count). The van der Waals surface area contributed by atoms with Crippen molar-refractivity contribution in [2.24, 2.45) is 0 Å². The Balaban J connectivity index is 1.46. The van der Waals surface area contributed by atoms with Gasteiger partial charge in [-0.3, -0.25) is 19.4 Å². The molecule has 2 heterocycles. The van der Waals surface area contributed by atoms with Crippen LogP contribution in [0, 0.1) is 11.3 Å². The van der Waals surface area contributed by atoms with Crippen LogP contribution in [0.15, 0.2) is 54.7 Å². The quantitative estimate of drug-likeness (QED) is 0.634. The molecule has 1 aromatic carbocycles. The van der Waals surface area contributed by atoms with E-state index in [4.69, 9.17) is 5.26 Å². The molecule has 0 unspecified atom stereocenters. The molecular formula is C24H27N5O3. The van der Waals surface area contributed by atoms with Gasteiger partial charge in [-0.25, -0.2) is 0 Å². The largest absolute Gasteiger partial charge is 0.339 e. The number of pyridine rings is 1. The zero-order valence-corrected chi connectivity index (χ0v) is 18.0. The molecule has 0 bridgehead atoms. The molecule has 2 aromatic rings. The van der Waals surface area contributed by atoms with Gasteiger partial charge in [0.1, 0.15) is 0 Å². The second-order valence-electron chi connectivity index (χ2n) is 7.55. The fourth-order valence-electron chi connectivity index (χ4n) is 3.65. The lowest BCUT2D eigenvalue weighted by Crippen LogP contribution is -2.51. The molecule has 8 nitrogen and oxygen atoms in total. The van der Waals surface area contributed by atoms with Crippen molar-refractivity contribution < 1.29 is 14.4 Å². The van der Waals surface area contributed by atoms with Gasteiger partial charge < -0.3 is 14.7 Å². The van der Waals surface area contributed by atoms with E-state index in [1.165, 1.54) is 0 Å². The number of amides is 3. The summed E-state index contributed by atoms with van der Waals surface area (Å²) in [6.45, 7) is 2.16. The second kappa shape index (κ2) is 11.6. The first-order chi connectivity index (χ1) is 15.6. The number of aromatic nitrogens is 1. The molecular weight excluding hydrogens is 406 g/mol. The number of nitriles is 1. The van der Waals surface area contributed by atoms with Crippen LogP contribution in [-0.4, -0.2) is 65.2 Å². The van der Waals surface area contributed by atoms with E-state index in [0.717, 1.165) is 11.4 Å². The van der Waals surface area contributed by atoms with Crippen LogP contribution in [0.3, 0.4) is 0 Å². The highest BCUT2D eigenvalue weighted by Crippen LogP contribution is 2.16. The predicted octanol–water partition coefficient (Wildman–Crippen LogP) is 2.02.